The Hall–Kier alpha value is -2.99. The zero-order valence-electron chi connectivity index (χ0n) is 18.4. The molecule has 6 heteroatoms. The minimum Gasteiger partial charge on any atom is -0.352 e. The average molecular weight is 418 g/mol. The molecule has 1 fully saturated rings. The second-order valence-electron chi connectivity index (χ2n) is 8.21. The summed E-state index contributed by atoms with van der Waals surface area (Å²) in [6.07, 6.45) is 3.77. The smallest absolute Gasteiger partial charge is 0.237 e. The van der Waals surface area contributed by atoms with Crippen LogP contribution in [0, 0.1) is 0 Å². The third-order valence-electron chi connectivity index (χ3n) is 6.19. The normalized spacial score (nSPS) is 16.8. The number of benzene rings is 2. The molecule has 0 bridgehead atoms. The molecule has 4 rings (SSSR count). The van der Waals surface area contributed by atoms with Crippen LogP contribution >= 0.6 is 0 Å². The number of carbonyl (C=O) groups is 1. The number of carbonyl (C=O) groups excluding carboxylic acids is 1. The van der Waals surface area contributed by atoms with E-state index in [1.165, 1.54) is 5.56 Å². The summed E-state index contributed by atoms with van der Waals surface area (Å²) >= 11 is 0. The van der Waals surface area contributed by atoms with Crippen LogP contribution in [0.5, 0.6) is 0 Å². The lowest BCUT2D eigenvalue weighted by atomic mass is 10.0. The van der Waals surface area contributed by atoms with E-state index in [4.69, 9.17) is 0 Å². The number of aromatic nitrogens is 2. The van der Waals surface area contributed by atoms with Gasteiger partial charge in [-0.25, -0.2) is 0 Å². The number of amides is 1. The second kappa shape index (κ2) is 9.88. The van der Waals surface area contributed by atoms with Crippen molar-refractivity contribution in [1.82, 2.24) is 20.4 Å². The highest BCUT2D eigenvalue weighted by Crippen LogP contribution is 2.24. The van der Waals surface area contributed by atoms with Crippen molar-refractivity contribution in [2.24, 2.45) is 0 Å². The molecule has 1 aromatic heterocycles. The van der Waals surface area contributed by atoms with Crippen molar-refractivity contribution in [3.05, 3.63) is 66.4 Å². The topological polar surface area (TPSA) is 61.4 Å². The maximum absolute atomic E-state index is 13.0. The quantitative estimate of drug-likeness (QED) is 0.634. The Morgan fingerprint density at radius 2 is 1.74 bits per heavy atom. The number of hydrogen-bond donors (Lipinski definition) is 1. The summed E-state index contributed by atoms with van der Waals surface area (Å²) in [6, 6.07) is 18.4. The van der Waals surface area contributed by atoms with Crippen molar-refractivity contribution in [3.63, 3.8) is 0 Å². The SMILES string of the molecule is CCCC(NC(=O)C(C)N1CCN(c2nncc3ccccc23)CC1)c1ccccc1. The van der Waals surface area contributed by atoms with E-state index in [0.717, 1.165) is 55.6 Å². The zero-order chi connectivity index (χ0) is 21.6. The number of hydrogen-bond acceptors (Lipinski definition) is 5. The molecule has 6 nitrogen and oxygen atoms in total. The van der Waals surface area contributed by atoms with Gasteiger partial charge in [-0.1, -0.05) is 67.9 Å². The second-order valence-corrected chi connectivity index (χ2v) is 8.21. The van der Waals surface area contributed by atoms with Crippen molar-refractivity contribution in [2.45, 2.75) is 38.8 Å². The molecule has 1 N–H and O–H groups in total. The van der Waals surface area contributed by atoms with E-state index in [1.54, 1.807) is 6.20 Å². The maximum atomic E-state index is 13.0. The summed E-state index contributed by atoms with van der Waals surface area (Å²) in [5.74, 6) is 1.03. The Balaban J connectivity index is 1.38. The molecule has 1 saturated heterocycles. The number of nitrogens with one attached hydrogen (secondary N) is 1. The van der Waals surface area contributed by atoms with E-state index in [0.29, 0.717) is 0 Å². The van der Waals surface area contributed by atoms with Gasteiger partial charge >= 0.3 is 0 Å². The lowest BCUT2D eigenvalue weighted by Crippen LogP contribution is -2.54. The first-order chi connectivity index (χ1) is 15.2. The summed E-state index contributed by atoms with van der Waals surface area (Å²) in [5, 5.41) is 14.1. The Labute approximate surface area is 184 Å². The molecule has 2 unspecified atom stereocenters. The number of anilines is 1. The van der Waals surface area contributed by atoms with Crippen LogP contribution in [0.2, 0.25) is 0 Å². The molecule has 162 valence electrons. The van der Waals surface area contributed by atoms with Crippen LogP contribution in [0.15, 0.2) is 60.8 Å². The highest BCUT2D eigenvalue weighted by atomic mass is 16.2. The Bertz CT molecular complexity index is 996. The Morgan fingerprint density at radius 1 is 1.03 bits per heavy atom. The molecule has 0 saturated carbocycles. The van der Waals surface area contributed by atoms with Gasteiger partial charge in [0.05, 0.1) is 18.3 Å². The first-order valence-corrected chi connectivity index (χ1v) is 11.2. The fourth-order valence-corrected chi connectivity index (χ4v) is 4.32. The van der Waals surface area contributed by atoms with E-state index in [2.05, 4.69) is 56.5 Å². The number of fused-ring (bicyclic) bond motifs is 1. The predicted octanol–water partition coefficient (Wildman–Crippen LogP) is 3.80. The van der Waals surface area contributed by atoms with Gasteiger partial charge in [0.2, 0.25) is 5.91 Å². The molecular formula is C25H31N5O. The van der Waals surface area contributed by atoms with Crippen LogP contribution in [-0.2, 0) is 4.79 Å². The monoisotopic (exact) mass is 417 g/mol. The lowest BCUT2D eigenvalue weighted by molar-refractivity contribution is -0.126. The van der Waals surface area contributed by atoms with Gasteiger partial charge in [0.15, 0.2) is 5.82 Å². The fraction of sp³-hybridized carbons (Fsp3) is 0.400. The van der Waals surface area contributed by atoms with Gasteiger partial charge < -0.3 is 10.2 Å². The van der Waals surface area contributed by atoms with Gasteiger partial charge in [0.25, 0.3) is 0 Å². The molecule has 0 radical (unpaired) electrons. The molecule has 31 heavy (non-hydrogen) atoms. The number of piperazine rings is 1. The largest absolute Gasteiger partial charge is 0.352 e. The predicted molar refractivity (Wildman–Crippen MR) is 125 cm³/mol. The molecular weight excluding hydrogens is 386 g/mol. The third-order valence-corrected chi connectivity index (χ3v) is 6.19. The maximum Gasteiger partial charge on any atom is 0.237 e. The van der Waals surface area contributed by atoms with Gasteiger partial charge in [-0.3, -0.25) is 9.69 Å². The van der Waals surface area contributed by atoms with Gasteiger partial charge in [0.1, 0.15) is 0 Å². The Morgan fingerprint density at radius 3 is 2.48 bits per heavy atom. The molecule has 2 heterocycles. The summed E-state index contributed by atoms with van der Waals surface area (Å²) in [7, 11) is 0. The molecule has 1 aliphatic rings. The molecule has 2 aromatic carbocycles. The molecule has 2 atom stereocenters. The molecule has 1 amide bonds. The summed E-state index contributed by atoms with van der Waals surface area (Å²) in [6.45, 7) is 7.47. The minimum atomic E-state index is -0.163. The van der Waals surface area contributed by atoms with E-state index in [-0.39, 0.29) is 18.0 Å². The average Bonchev–Trinajstić information content (AvgIpc) is 2.83. The van der Waals surface area contributed by atoms with Crippen LogP contribution in [0.1, 0.15) is 38.3 Å². The van der Waals surface area contributed by atoms with Crippen molar-refractivity contribution >= 4 is 22.5 Å². The fourth-order valence-electron chi connectivity index (χ4n) is 4.32. The minimum absolute atomic E-state index is 0.0633. The van der Waals surface area contributed by atoms with Gasteiger partial charge in [-0.2, -0.15) is 5.10 Å². The zero-order valence-corrected chi connectivity index (χ0v) is 18.4. The molecule has 0 aliphatic carbocycles. The number of nitrogens with zero attached hydrogens (tertiary/aromatic N) is 4. The molecule has 0 spiro atoms. The van der Waals surface area contributed by atoms with E-state index in [1.807, 2.05) is 37.3 Å². The van der Waals surface area contributed by atoms with Crippen molar-refractivity contribution in [1.29, 1.82) is 0 Å². The summed E-state index contributed by atoms with van der Waals surface area (Å²) < 4.78 is 0. The van der Waals surface area contributed by atoms with Crippen LogP contribution in [0.4, 0.5) is 5.82 Å². The van der Waals surface area contributed by atoms with Crippen LogP contribution < -0.4 is 10.2 Å². The van der Waals surface area contributed by atoms with E-state index >= 15 is 0 Å². The van der Waals surface area contributed by atoms with Crippen molar-refractivity contribution < 1.29 is 4.79 Å². The van der Waals surface area contributed by atoms with Crippen molar-refractivity contribution in [2.75, 3.05) is 31.1 Å². The summed E-state index contributed by atoms with van der Waals surface area (Å²) in [4.78, 5) is 17.6. The number of rotatable bonds is 7. The highest BCUT2D eigenvalue weighted by Gasteiger charge is 2.28. The Kier molecular flexibility index (Phi) is 6.77. The van der Waals surface area contributed by atoms with Crippen molar-refractivity contribution in [3.8, 4) is 0 Å². The standard InChI is InChI=1S/C25H31N5O/c1-3-9-23(20-10-5-4-6-11-20)27-25(31)19(2)29-14-16-30(17-15-29)24-22-13-8-7-12-21(22)18-26-28-24/h4-8,10-13,18-19,23H,3,9,14-17H2,1-2H3,(H,27,31). The van der Waals surface area contributed by atoms with Crippen LogP contribution in [0.25, 0.3) is 10.8 Å². The molecule has 1 aliphatic heterocycles. The summed E-state index contributed by atoms with van der Waals surface area (Å²) in [5.41, 5.74) is 1.17. The van der Waals surface area contributed by atoms with Crippen LogP contribution in [0.3, 0.4) is 0 Å². The molecule has 3 aromatic rings. The first-order valence-electron chi connectivity index (χ1n) is 11.2. The lowest BCUT2D eigenvalue weighted by Gasteiger charge is -2.38. The first kappa shape index (κ1) is 21.2. The van der Waals surface area contributed by atoms with E-state index < -0.39 is 0 Å². The third kappa shape index (κ3) is 4.85. The van der Waals surface area contributed by atoms with Crippen LogP contribution in [-0.4, -0.2) is 53.2 Å². The van der Waals surface area contributed by atoms with Gasteiger partial charge in [-0.15, -0.1) is 5.10 Å². The van der Waals surface area contributed by atoms with Gasteiger partial charge in [0, 0.05) is 37.0 Å². The highest BCUT2D eigenvalue weighted by molar-refractivity contribution is 5.91. The van der Waals surface area contributed by atoms with Gasteiger partial charge in [-0.05, 0) is 18.9 Å². The van der Waals surface area contributed by atoms with E-state index in [9.17, 15) is 4.79 Å².